The van der Waals surface area contributed by atoms with Gasteiger partial charge in [-0.05, 0) is 31.1 Å². The van der Waals surface area contributed by atoms with Crippen molar-refractivity contribution >= 4 is 11.8 Å². The molecule has 1 saturated heterocycles. The van der Waals surface area contributed by atoms with Crippen molar-refractivity contribution in [3.8, 4) is 0 Å². The highest BCUT2D eigenvalue weighted by atomic mass is 32.2. The molecule has 1 aliphatic heterocycles. The standard InChI is InChI=1S/C9H10F4S/c10-8(11)6-4-1-2-5(3-4)7(6)14-9(8,12)13/h4-7H,1-3H2. The van der Waals surface area contributed by atoms with Gasteiger partial charge in [-0.25, -0.2) is 0 Å². The molecule has 80 valence electrons. The van der Waals surface area contributed by atoms with Gasteiger partial charge in [0.1, 0.15) is 0 Å². The molecule has 3 rings (SSSR count). The van der Waals surface area contributed by atoms with E-state index in [1.165, 1.54) is 0 Å². The van der Waals surface area contributed by atoms with Crippen LogP contribution in [-0.2, 0) is 0 Å². The third-order valence-corrected chi connectivity index (χ3v) is 5.45. The Labute approximate surface area is 83.4 Å². The molecule has 0 aromatic heterocycles. The SMILES string of the molecule is FC1(F)SC2C3CCC(C3)C2C1(F)F. The molecule has 4 atom stereocenters. The summed E-state index contributed by atoms with van der Waals surface area (Å²) in [4.78, 5) is 0. The van der Waals surface area contributed by atoms with Crippen molar-refractivity contribution in [1.29, 1.82) is 0 Å². The molecule has 0 aromatic carbocycles. The molecular weight excluding hydrogens is 216 g/mol. The van der Waals surface area contributed by atoms with E-state index in [1.54, 1.807) is 0 Å². The summed E-state index contributed by atoms with van der Waals surface area (Å²) >= 11 is 0.225. The van der Waals surface area contributed by atoms with E-state index in [-0.39, 0.29) is 23.6 Å². The molecule has 0 N–H and O–H groups in total. The minimum atomic E-state index is -3.83. The van der Waals surface area contributed by atoms with Crippen molar-refractivity contribution in [3.05, 3.63) is 0 Å². The quantitative estimate of drug-likeness (QED) is 0.570. The summed E-state index contributed by atoms with van der Waals surface area (Å²) in [6.07, 6.45) is 2.33. The van der Waals surface area contributed by atoms with E-state index in [0.717, 1.165) is 19.3 Å². The molecule has 0 aromatic rings. The van der Waals surface area contributed by atoms with Crippen LogP contribution in [0.1, 0.15) is 19.3 Å². The van der Waals surface area contributed by atoms with Gasteiger partial charge in [0.15, 0.2) is 0 Å². The summed E-state index contributed by atoms with van der Waals surface area (Å²) < 4.78 is 52.8. The zero-order chi connectivity index (χ0) is 10.1. The van der Waals surface area contributed by atoms with Crippen LogP contribution in [0.4, 0.5) is 17.6 Å². The lowest BCUT2D eigenvalue weighted by Gasteiger charge is -2.27. The highest BCUT2D eigenvalue weighted by Crippen LogP contribution is 2.69. The second-order valence-electron chi connectivity index (χ2n) is 4.58. The predicted octanol–water partition coefficient (Wildman–Crippen LogP) is 3.38. The minimum absolute atomic E-state index is 0.120. The lowest BCUT2D eigenvalue weighted by atomic mass is 9.84. The Balaban J connectivity index is 2.00. The van der Waals surface area contributed by atoms with Crippen LogP contribution in [0.3, 0.4) is 0 Å². The van der Waals surface area contributed by atoms with Crippen LogP contribution in [-0.4, -0.2) is 16.4 Å². The predicted molar refractivity (Wildman–Crippen MR) is 45.6 cm³/mol. The summed E-state index contributed by atoms with van der Waals surface area (Å²) in [6, 6.07) is 0. The maximum Gasteiger partial charge on any atom is 0.356 e. The topological polar surface area (TPSA) is 0 Å². The molecule has 2 saturated carbocycles. The molecule has 0 amide bonds. The van der Waals surface area contributed by atoms with Crippen LogP contribution in [0.25, 0.3) is 0 Å². The Bertz CT molecular complexity index is 278. The van der Waals surface area contributed by atoms with Crippen molar-refractivity contribution < 1.29 is 17.6 Å². The number of hydrogen-bond acceptors (Lipinski definition) is 1. The second-order valence-corrected chi connectivity index (χ2v) is 5.87. The third kappa shape index (κ3) is 0.877. The first-order chi connectivity index (χ1) is 6.43. The highest BCUT2D eigenvalue weighted by molar-refractivity contribution is 8.01. The molecule has 5 heteroatoms. The lowest BCUT2D eigenvalue weighted by molar-refractivity contribution is -0.182. The van der Waals surface area contributed by atoms with E-state index in [4.69, 9.17) is 0 Å². The molecule has 4 unspecified atom stereocenters. The largest absolute Gasteiger partial charge is 0.356 e. The highest BCUT2D eigenvalue weighted by Gasteiger charge is 2.75. The van der Waals surface area contributed by atoms with Gasteiger partial charge in [-0.15, -0.1) is 0 Å². The van der Waals surface area contributed by atoms with Gasteiger partial charge in [0, 0.05) is 11.2 Å². The molecule has 2 bridgehead atoms. The smallest absolute Gasteiger partial charge is 0.198 e. The molecule has 3 fully saturated rings. The van der Waals surface area contributed by atoms with E-state index in [9.17, 15) is 17.6 Å². The van der Waals surface area contributed by atoms with Crippen LogP contribution < -0.4 is 0 Å². The first-order valence-electron chi connectivity index (χ1n) is 4.87. The van der Waals surface area contributed by atoms with Crippen molar-refractivity contribution in [1.82, 2.24) is 0 Å². The van der Waals surface area contributed by atoms with Gasteiger partial charge in [0.2, 0.25) is 0 Å². The number of fused-ring (bicyclic) bond motifs is 5. The monoisotopic (exact) mass is 226 g/mol. The van der Waals surface area contributed by atoms with Crippen LogP contribution in [0.15, 0.2) is 0 Å². The molecule has 3 aliphatic rings. The fourth-order valence-electron chi connectivity index (χ4n) is 3.35. The maximum absolute atomic E-state index is 13.4. The lowest BCUT2D eigenvalue weighted by Crippen LogP contribution is -2.41. The molecule has 2 aliphatic carbocycles. The first kappa shape index (κ1) is 9.31. The van der Waals surface area contributed by atoms with Gasteiger partial charge in [0.05, 0.1) is 0 Å². The zero-order valence-corrected chi connectivity index (χ0v) is 8.17. The second kappa shape index (κ2) is 2.42. The van der Waals surface area contributed by atoms with E-state index < -0.39 is 22.3 Å². The van der Waals surface area contributed by atoms with Crippen LogP contribution >= 0.6 is 11.8 Å². The maximum atomic E-state index is 13.4. The van der Waals surface area contributed by atoms with E-state index in [0.29, 0.717) is 0 Å². The Morgan fingerprint density at radius 2 is 1.64 bits per heavy atom. The van der Waals surface area contributed by atoms with Gasteiger partial charge in [-0.2, -0.15) is 17.6 Å². The molecule has 0 radical (unpaired) electrons. The number of halogens is 4. The Morgan fingerprint density at radius 3 is 2.29 bits per heavy atom. The number of hydrogen-bond donors (Lipinski definition) is 0. The number of thioether (sulfide) groups is 1. The van der Waals surface area contributed by atoms with E-state index in [2.05, 4.69) is 0 Å². The first-order valence-corrected chi connectivity index (χ1v) is 5.75. The Hall–Kier alpha value is 0.0700. The fourth-order valence-corrected chi connectivity index (χ4v) is 4.97. The van der Waals surface area contributed by atoms with Crippen LogP contribution in [0.2, 0.25) is 0 Å². The summed E-state index contributed by atoms with van der Waals surface area (Å²) in [5, 5.41) is -4.32. The van der Waals surface area contributed by atoms with Crippen LogP contribution in [0.5, 0.6) is 0 Å². The molecule has 14 heavy (non-hydrogen) atoms. The summed E-state index contributed by atoms with van der Waals surface area (Å²) in [7, 11) is 0. The number of rotatable bonds is 0. The third-order valence-electron chi connectivity index (χ3n) is 3.93. The van der Waals surface area contributed by atoms with Crippen LogP contribution in [0, 0.1) is 17.8 Å². The van der Waals surface area contributed by atoms with Gasteiger partial charge < -0.3 is 0 Å². The minimum Gasteiger partial charge on any atom is -0.198 e. The average molecular weight is 226 g/mol. The van der Waals surface area contributed by atoms with Gasteiger partial charge in [0.25, 0.3) is 0 Å². The van der Waals surface area contributed by atoms with Gasteiger partial charge in [-0.1, -0.05) is 11.8 Å². The Kier molecular flexibility index (Phi) is 1.61. The van der Waals surface area contributed by atoms with E-state index >= 15 is 0 Å². The van der Waals surface area contributed by atoms with Gasteiger partial charge >= 0.3 is 11.2 Å². The van der Waals surface area contributed by atoms with Crippen molar-refractivity contribution in [3.63, 3.8) is 0 Å². The average Bonchev–Trinajstić information content (AvgIpc) is 2.64. The van der Waals surface area contributed by atoms with Crippen molar-refractivity contribution in [2.24, 2.45) is 17.8 Å². The summed E-state index contributed by atoms with van der Waals surface area (Å²) in [5.41, 5.74) is 0. The normalized spacial score (nSPS) is 52.3. The molecule has 0 spiro atoms. The summed E-state index contributed by atoms with van der Waals surface area (Å²) in [5.74, 6) is -4.86. The molecule has 0 nitrogen and oxygen atoms in total. The van der Waals surface area contributed by atoms with Gasteiger partial charge in [-0.3, -0.25) is 0 Å². The van der Waals surface area contributed by atoms with Crippen molar-refractivity contribution in [2.45, 2.75) is 35.7 Å². The molecule has 1 heterocycles. The zero-order valence-electron chi connectivity index (χ0n) is 7.35. The number of alkyl halides is 4. The van der Waals surface area contributed by atoms with Crippen molar-refractivity contribution in [2.75, 3.05) is 0 Å². The molecular formula is C9H10F4S. The fraction of sp³-hybridized carbons (Fsp3) is 1.00. The van der Waals surface area contributed by atoms with E-state index in [1.807, 2.05) is 0 Å². The summed E-state index contributed by atoms with van der Waals surface area (Å²) in [6.45, 7) is 0. The Morgan fingerprint density at radius 1 is 1.00 bits per heavy atom.